The lowest BCUT2D eigenvalue weighted by Gasteiger charge is -2.30. The number of benzene rings is 1. The number of nitrogens with one attached hydrogen (secondary N) is 1. The summed E-state index contributed by atoms with van der Waals surface area (Å²) >= 11 is 6.21. The average Bonchev–Trinajstić information content (AvgIpc) is 3.44. The maximum absolute atomic E-state index is 13.1. The predicted molar refractivity (Wildman–Crippen MR) is 124 cm³/mol. The second kappa shape index (κ2) is 9.43. The molecule has 34 heavy (non-hydrogen) atoms. The minimum atomic E-state index is -3.01. The molecule has 5 rings (SSSR count). The molecule has 0 spiro atoms. The highest BCUT2D eigenvalue weighted by atomic mass is 35.5. The van der Waals surface area contributed by atoms with Gasteiger partial charge in [0, 0.05) is 49.2 Å². The monoisotopic (exact) mass is 489 g/mol. The molecule has 4 heterocycles. The van der Waals surface area contributed by atoms with E-state index in [1.165, 1.54) is 22.9 Å². The Bertz CT molecular complexity index is 1170. The Morgan fingerprint density at radius 2 is 2.09 bits per heavy atom. The van der Waals surface area contributed by atoms with E-state index in [-0.39, 0.29) is 18.2 Å². The van der Waals surface area contributed by atoms with Gasteiger partial charge in [0.2, 0.25) is 5.91 Å². The van der Waals surface area contributed by atoms with Crippen LogP contribution >= 0.6 is 11.6 Å². The number of carbonyl (C=O) groups excluding carboxylic acids is 1. The van der Waals surface area contributed by atoms with E-state index < -0.39 is 6.61 Å². The Labute approximate surface area is 199 Å². The fourth-order valence-electron chi connectivity index (χ4n) is 4.11. The maximum atomic E-state index is 13.1. The van der Waals surface area contributed by atoms with Gasteiger partial charge < -0.3 is 15.0 Å². The highest BCUT2D eigenvalue weighted by molar-refractivity contribution is 6.31. The van der Waals surface area contributed by atoms with Gasteiger partial charge >= 0.3 is 6.61 Å². The quantitative estimate of drug-likeness (QED) is 0.672. The third-order valence-electron chi connectivity index (χ3n) is 5.66. The van der Waals surface area contributed by atoms with E-state index in [9.17, 15) is 13.6 Å². The zero-order chi connectivity index (χ0) is 23.7. The maximum Gasteiger partial charge on any atom is 0.387 e. The normalized spacial score (nSPS) is 17.4. The van der Waals surface area contributed by atoms with Crippen LogP contribution in [0.3, 0.4) is 0 Å². The number of piperazine rings is 1. The zero-order valence-corrected chi connectivity index (χ0v) is 18.8. The lowest BCUT2D eigenvalue weighted by molar-refractivity contribution is -0.132. The van der Waals surface area contributed by atoms with E-state index >= 15 is 0 Å². The Hall–Kier alpha value is -3.44. The van der Waals surface area contributed by atoms with Gasteiger partial charge in [-0.1, -0.05) is 11.6 Å². The minimum absolute atomic E-state index is 0.0146. The summed E-state index contributed by atoms with van der Waals surface area (Å²) in [5.74, 6) is 0.604. The van der Waals surface area contributed by atoms with Gasteiger partial charge in [-0.05, 0) is 30.4 Å². The summed E-state index contributed by atoms with van der Waals surface area (Å²) < 4.78 is 32.6. The number of fused-ring (bicyclic) bond motifs is 1. The summed E-state index contributed by atoms with van der Waals surface area (Å²) in [6.45, 7) is 0.199. The molecule has 1 amide bonds. The largest absolute Gasteiger partial charge is 0.434 e. The van der Waals surface area contributed by atoms with Crippen LogP contribution < -0.4 is 15.1 Å². The number of nitrogens with zero attached hydrogens (tertiary/aromatic N) is 6. The van der Waals surface area contributed by atoms with Crippen LogP contribution in [0.4, 0.5) is 14.5 Å². The number of hydrogen-bond acceptors (Lipinski definition) is 7. The molecule has 1 fully saturated rings. The van der Waals surface area contributed by atoms with Crippen molar-refractivity contribution in [3.8, 4) is 17.0 Å². The van der Waals surface area contributed by atoms with E-state index in [1.54, 1.807) is 23.4 Å². The standard InChI is InChI=1S/C22H22ClF2N7O2/c23-15-2-3-18(34-22(24)25)16(12-15)21-17(31-9-4-19-27-5-1-8-32(19)31)13-30(28-21)14-20(33)29-10-6-26-7-11-29/h1-5,8,12-13,22,26H,6-7,9-11,14H2. The molecule has 9 nitrogen and oxygen atoms in total. The van der Waals surface area contributed by atoms with Crippen molar-refractivity contribution in [2.24, 2.45) is 4.99 Å². The van der Waals surface area contributed by atoms with Gasteiger partial charge in [0.1, 0.15) is 29.5 Å². The fraction of sp³-hybridized carbons (Fsp3) is 0.318. The topological polar surface area (TPSA) is 78.2 Å². The van der Waals surface area contributed by atoms with E-state index in [4.69, 9.17) is 16.3 Å². The van der Waals surface area contributed by atoms with Gasteiger partial charge in [-0.15, -0.1) is 0 Å². The molecule has 1 N–H and O–H groups in total. The van der Waals surface area contributed by atoms with E-state index in [1.807, 2.05) is 22.3 Å². The molecule has 0 saturated carbocycles. The number of anilines is 1. The Balaban J connectivity index is 1.54. The number of alkyl halides is 2. The molecule has 3 aliphatic rings. The molecule has 1 aromatic heterocycles. The van der Waals surface area contributed by atoms with Gasteiger partial charge in [0.05, 0.1) is 12.7 Å². The molecule has 178 valence electrons. The van der Waals surface area contributed by atoms with Crippen molar-refractivity contribution in [3.63, 3.8) is 0 Å². The summed E-state index contributed by atoms with van der Waals surface area (Å²) in [4.78, 5) is 19.0. The Morgan fingerprint density at radius 3 is 2.88 bits per heavy atom. The summed E-state index contributed by atoms with van der Waals surface area (Å²) in [5, 5.41) is 11.9. The van der Waals surface area contributed by atoms with E-state index in [0.717, 1.165) is 18.9 Å². The third-order valence-corrected chi connectivity index (χ3v) is 5.90. The first kappa shape index (κ1) is 22.4. The molecule has 0 radical (unpaired) electrons. The number of ether oxygens (including phenoxy) is 1. The number of hydrazine groups is 1. The van der Waals surface area contributed by atoms with Gasteiger partial charge in [-0.2, -0.15) is 13.9 Å². The second-order valence-electron chi connectivity index (χ2n) is 7.82. The predicted octanol–water partition coefficient (Wildman–Crippen LogP) is 2.71. The van der Waals surface area contributed by atoms with Crippen molar-refractivity contribution in [3.05, 3.63) is 53.6 Å². The lowest BCUT2D eigenvalue weighted by atomic mass is 10.1. The Morgan fingerprint density at radius 1 is 1.26 bits per heavy atom. The second-order valence-corrected chi connectivity index (χ2v) is 8.26. The first-order valence-corrected chi connectivity index (χ1v) is 11.2. The molecule has 2 aromatic rings. The molecule has 3 aliphatic heterocycles. The number of aliphatic imine (C=N–C) groups is 1. The number of hydrogen-bond donors (Lipinski definition) is 1. The van der Waals surface area contributed by atoms with Crippen molar-refractivity contribution >= 4 is 29.4 Å². The van der Waals surface area contributed by atoms with Crippen LogP contribution in [0.5, 0.6) is 5.75 Å². The number of halogens is 3. The zero-order valence-electron chi connectivity index (χ0n) is 18.1. The van der Waals surface area contributed by atoms with E-state index in [0.29, 0.717) is 41.6 Å². The lowest BCUT2D eigenvalue weighted by Crippen LogP contribution is -2.47. The number of amides is 1. The number of rotatable bonds is 6. The molecule has 1 saturated heterocycles. The molecular formula is C22H22ClF2N7O2. The van der Waals surface area contributed by atoms with Crippen LogP contribution in [0.2, 0.25) is 5.02 Å². The van der Waals surface area contributed by atoms with Crippen LogP contribution in [0, 0.1) is 0 Å². The highest BCUT2D eigenvalue weighted by Crippen LogP contribution is 2.40. The van der Waals surface area contributed by atoms with Crippen molar-refractivity contribution in [2.75, 3.05) is 37.7 Å². The van der Waals surface area contributed by atoms with Crippen LogP contribution in [0.25, 0.3) is 11.3 Å². The van der Waals surface area contributed by atoms with Crippen LogP contribution in [0.1, 0.15) is 0 Å². The van der Waals surface area contributed by atoms with Crippen molar-refractivity contribution in [1.82, 2.24) is 25.0 Å². The smallest absolute Gasteiger partial charge is 0.387 e. The molecular weight excluding hydrogens is 468 g/mol. The van der Waals surface area contributed by atoms with Crippen molar-refractivity contribution < 1.29 is 18.3 Å². The van der Waals surface area contributed by atoms with Gasteiger partial charge in [-0.25, -0.2) is 10.0 Å². The molecule has 12 heteroatoms. The minimum Gasteiger partial charge on any atom is -0.434 e. The molecule has 0 bridgehead atoms. The molecule has 0 aliphatic carbocycles. The SMILES string of the molecule is O=C(Cn1cc(N2CC=C3N=CC=CN32)c(-c2cc(Cl)ccc2OC(F)F)n1)N1CCNCC1. The summed E-state index contributed by atoms with van der Waals surface area (Å²) in [6.07, 6.45) is 8.98. The average molecular weight is 490 g/mol. The molecule has 0 unspecified atom stereocenters. The van der Waals surface area contributed by atoms with Crippen LogP contribution in [-0.4, -0.2) is 71.1 Å². The molecule has 1 aromatic carbocycles. The van der Waals surface area contributed by atoms with Gasteiger partial charge in [0.25, 0.3) is 0 Å². The van der Waals surface area contributed by atoms with E-state index in [2.05, 4.69) is 15.4 Å². The van der Waals surface area contributed by atoms with Crippen molar-refractivity contribution in [1.29, 1.82) is 0 Å². The summed E-state index contributed by atoms with van der Waals surface area (Å²) in [6, 6.07) is 4.39. The molecule has 0 atom stereocenters. The highest BCUT2D eigenvalue weighted by Gasteiger charge is 2.30. The first-order valence-electron chi connectivity index (χ1n) is 10.8. The van der Waals surface area contributed by atoms with Crippen molar-refractivity contribution in [2.45, 2.75) is 13.2 Å². The first-order chi connectivity index (χ1) is 16.5. The van der Waals surface area contributed by atoms with Gasteiger partial charge in [0.15, 0.2) is 0 Å². The van der Waals surface area contributed by atoms with Gasteiger partial charge in [-0.3, -0.25) is 14.5 Å². The van der Waals surface area contributed by atoms with Crippen LogP contribution in [-0.2, 0) is 11.3 Å². The number of carbonyl (C=O) groups is 1. The number of aromatic nitrogens is 2. The summed E-state index contributed by atoms with van der Waals surface area (Å²) in [5.41, 5.74) is 1.26. The third kappa shape index (κ3) is 4.48. The summed E-state index contributed by atoms with van der Waals surface area (Å²) in [7, 11) is 0. The number of allylic oxidation sites excluding steroid dienone is 1. The van der Waals surface area contributed by atoms with Crippen LogP contribution in [0.15, 0.2) is 53.6 Å². The Kier molecular flexibility index (Phi) is 6.20. The fourth-order valence-corrected chi connectivity index (χ4v) is 4.28.